The van der Waals surface area contributed by atoms with Gasteiger partial charge in [-0.15, -0.1) is 0 Å². The summed E-state index contributed by atoms with van der Waals surface area (Å²) in [6.07, 6.45) is 4.17. The molecule has 1 amide bonds. The SMILES string of the molecule is Cc1ccc(C2(C(=O)Nc3ccc(OC(C)C)cc3)CCCC2)cc1. The summed E-state index contributed by atoms with van der Waals surface area (Å²) in [6.45, 7) is 6.08. The second kappa shape index (κ2) is 7.30. The molecule has 0 atom stereocenters. The summed E-state index contributed by atoms with van der Waals surface area (Å²) in [7, 11) is 0. The Balaban J connectivity index is 1.78. The van der Waals surface area contributed by atoms with Crippen molar-refractivity contribution in [1.82, 2.24) is 0 Å². The lowest BCUT2D eigenvalue weighted by atomic mass is 9.77. The molecule has 0 unspecified atom stereocenters. The highest BCUT2D eigenvalue weighted by Crippen LogP contribution is 2.42. The van der Waals surface area contributed by atoms with Crippen molar-refractivity contribution in [2.75, 3.05) is 5.32 Å². The largest absolute Gasteiger partial charge is 0.491 e. The Hall–Kier alpha value is -2.29. The summed E-state index contributed by atoms with van der Waals surface area (Å²) < 4.78 is 5.66. The minimum atomic E-state index is -0.402. The van der Waals surface area contributed by atoms with Crippen LogP contribution < -0.4 is 10.1 Å². The van der Waals surface area contributed by atoms with E-state index in [1.807, 2.05) is 38.1 Å². The lowest BCUT2D eigenvalue weighted by Gasteiger charge is -2.28. The van der Waals surface area contributed by atoms with Crippen LogP contribution in [0.3, 0.4) is 0 Å². The smallest absolute Gasteiger partial charge is 0.235 e. The normalized spacial score (nSPS) is 16.0. The average Bonchev–Trinajstić information content (AvgIpc) is 3.08. The van der Waals surface area contributed by atoms with E-state index in [9.17, 15) is 4.79 Å². The number of hydrogen-bond donors (Lipinski definition) is 1. The van der Waals surface area contributed by atoms with E-state index in [4.69, 9.17) is 4.74 Å². The highest BCUT2D eigenvalue weighted by atomic mass is 16.5. The van der Waals surface area contributed by atoms with Crippen LogP contribution in [0.25, 0.3) is 0 Å². The Kier molecular flexibility index (Phi) is 5.12. The molecule has 0 aromatic heterocycles. The summed E-state index contributed by atoms with van der Waals surface area (Å²) in [5, 5.41) is 3.12. The number of rotatable bonds is 5. The molecule has 0 bridgehead atoms. The van der Waals surface area contributed by atoms with E-state index in [0.29, 0.717) is 0 Å². The molecule has 0 radical (unpaired) electrons. The van der Waals surface area contributed by atoms with Crippen molar-refractivity contribution < 1.29 is 9.53 Å². The Morgan fingerprint density at radius 2 is 1.60 bits per heavy atom. The molecule has 0 spiro atoms. The quantitative estimate of drug-likeness (QED) is 0.811. The maximum atomic E-state index is 13.1. The molecule has 1 saturated carbocycles. The van der Waals surface area contributed by atoms with Crippen molar-refractivity contribution in [2.45, 2.75) is 58.0 Å². The fourth-order valence-electron chi connectivity index (χ4n) is 3.64. The van der Waals surface area contributed by atoms with Gasteiger partial charge in [0.05, 0.1) is 11.5 Å². The molecule has 3 rings (SSSR count). The topological polar surface area (TPSA) is 38.3 Å². The molecule has 3 nitrogen and oxygen atoms in total. The van der Waals surface area contributed by atoms with E-state index in [-0.39, 0.29) is 12.0 Å². The molecular formula is C22H27NO2. The minimum Gasteiger partial charge on any atom is -0.491 e. The van der Waals surface area contributed by atoms with Crippen LogP contribution in [0, 0.1) is 6.92 Å². The van der Waals surface area contributed by atoms with Crippen molar-refractivity contribution in [1.29, 1.82) is 0 Å². The summed E-state index contributed by atoms with van der Waals surface area (Å²) in [4.78, 5) is 13.1. The van der Waals surface area contributed by atoms with Crippen molar-refractivity contribution in [3.63, 3.8) is 0 Å². The summed E-state index contributed by atoms with van der Waals surface area (Å²) >= 11 is 0. The fourth-order valence-corrected chi connectivity index (χ4v) is 3.64. The third kappa shape index (κ3) is 3.87. The maximum Gasteiger partial charge on any atom is 0.235 e. The van der Waals surface area contributed by atoms with Crippen LogP contribution in [0.1, 0.15) is 50.7 Å². The zero-order valence-electron chi connectivity index (χ0n) is 15.3. The van der Waals surface area contributed by atoms with Crippen molar-refractivity contribution in [3.05, 3.63) is 59.7 Å². The van der Waals surface area contributed by atoms with Gasteiger partial charge in [0.15, 0.2) is 0 Å². The first-order chi connectivity index (χ1) is 12.0. The minimum absolute atomic E-state index is 0.103. The highest BCUT2D eigenvalue weighted by molar-refractivity contribution is 5.99. The molecule has 2 aromatic carbocycles. The van der Waals surface area contributed by atoms with E-state index >= 15 is 0 Å². The fraction of sp³-hybridized carbons (Fsp3) is 0.409. The number of carbonyl (C=O) groups is 1. The van der Waals surface area contributed by atoms with Gasteiger partial charge in [-0.2, -0.15) is 0 Å². The number of anilines is 1. The first kappa shape index (κ1) is 17.5. The number of carbonyl (C=O) groups excluding carboxylic acids is 1. The molecule has 1 N–H and O–H groups in total. The molecule has 25 heavy (non-hydrogen) atoms. The molecule has 2 aromatic rings. The van der Waals surface area contributed by atoms with Crippen LogP contribution in [0.2, 0.25) is 0 Å². The number of benzene rings is 2. The first-order valence-corrected chi connectivity index (χ1v) is 9.15. The Morgan fingerprint density at radius 1 is 1.00 bits per heavy atom. The maximum absolute atomic E-state index is 13.1. The molecule has 0 heterocycles. The standard InChI is InChI=1S/C22H27NO2/c1-16(2)25-20-12-10-19(11-13-20)23-21(24)22(14-4-5-15-22)18-8-6-17(3)7-9-18/h6-13,16H,4-5,14-15H2,1-3H3,(H,23,24). The second-order valence-corrected chi connectivity index (χ2v) is 7.30. The Bertz CT molecular complexity index is 711. The van der Waals surface area contributed by atoms with E-state index in [1.54, 1.807) is 0 Å². The van der Waals surface area contributed by atoms with Gasteiger partial charge in [0.2, 0.25) is 5.91 Å². The Morgan fingerprint density at radius 3 is 2.16 bits per heavy atom. The van der Waals surface area contributed by atoms with Crippen LogP contribution in [-0.2, 0) is 10.2 Å². The van der Waals surface area contributed by atoms with Gasteiger partial charge in [0.25, 0.3) is 0 Å². The molecular weight excluding hydrogens is 310 g/mol. The van der Waals surface area contributed by atoms with Gasteiger partial charge in [0.1, 0.15) is 5.75 Å². The van der Waals surface area contributed by atoms with Crippen LogP contribution in [0.5, 0.6) is 5.75 Å². The van der Waals surface area contributed by atoms with Gasteiger partial charge in [0, 0.05) is 5.69 Å². The number of hydrogen-bond acceptors (Lipinski definition) is 2. The number of amides is 1. The third-order valence-electron chi connectivity index (χ3n) is 4.98. The van der Waals surface area contributed by atoms with E-state index in [2.05, 4.69) is 36.5 Å². The zero-order chi connectivity index (χ0) is 17.9. The van der Waals surface area contributed by atoms with Crippen LogP contribution >= 0.6 is 0 Å². The Labute approximate surface area is 150 Å². The molecule has 132 valence electrons. The van der Waals surface area contributed by atoms with Gasteiger partial charge < -0.3 is 10.1 Å². The number of ether oxygens (including phenoxy) is 1. The van der Waals surface area contributed by atoms with Gasteiger partial charge in [-0.05, 0) is 63.4 Å². The molecule has 1 fully saturated rings. The molecule has 1 aliphatic carbocycles. The molecule has 0 aliphatic heterocycles. The summed E-state index contributed by atoms with van der Waals surface area (Å²) in [6, 6.07) is 16.0. The van der Waals surface area contributed by atoms with Crippen molar-refractivity contribution >= 4 is 11.6 Å². The van der Waals surface area contributed by atoms with Crippen LogP contribution in [0.15, 0.2) is 48.5 Å². The molecule has 1 aliphatic rings. The summed E-state index contributed by atoms with van der Waals surface area (Å²) in [5.74, 6) is 0.925. The average molecular weight is 337 g/mol. The van der Waals surface area contributed by atoms with E-state index in [0.717, 1.165) is 42.7 Å². The van der Waals surface area contributed by atoms with Crippen LogP contribution in [-0.4, -0.2) is 12.0 Å². The van der Waals surface area contributed by atoms with Gasteiger partial charge in [-0.3, -0.25) is 4.79 Å². The zero-order valence-corrected chi connectivity index (χ0v) is 15.3. The monoisotopic (exact) mass is 337 g/mol. The molecule has 0 saturated heterocycles. The van der Waals surface area contributed by atoms with Crippen LogP contribution in [0.4, 0.5) is 5.69 Å². The van der Waals surface area contributed by atoms with E-state index < -0.39 is 5.41 Å². The van der Waals surface area contributed by atoms with E-state index in [1.165, 1.54) is 5.56 Å². The predicted octanol–water partition coefficient (Wildman–Crippen LogP) is 5.23. The molecule has 3 heteroatoms. The highest BCUT2D eigenvalue weighted by Gasteiger charge is 2.42. The second-order valence-electron chi connectivity index (χ2n) is 7.30. The summed E-state index contributed by atoms with van der Waals surface area (Å²) in [5.41, 5.74) is 2.77. The van der Waals surface area contributed by atoms with Gasteiger partial charge in [-0.25, -0.2) is 0 Å². The lowest BCUT2D eigenvalue weighted by Crippen LogP contribution is -2.38. The lowest BCUT2D eigenvalue weighted by molar-refractivity contribution is -0.121. The predicted molar refractivity (Wildman–Crippen MR) is 102 cm³/mol. The number of nitrogens with one attached hydrogen (secondary N) is 1. The van der Waals surface area contributed by atoms with Gasteiger partial charge in [-0.1, -0.05) is 42.7 Å². The number of aryl methyl sites for hydroxylation is 1. The van der Waals surface area contributed by atoms with Crippen molar-refractivity contribution in [2.24, 2.45) is 0 Å². The van der Waals surface area contributed by atoms with Crippen molar-refractivity contribution in [3.8, 4) is 5.75 Å². The third-order valence-corrected chi connectivity index (χ3v) is 4.98. The first-order valence-electron chi connectivity index (χ1n) is 9.15. The van der Waals surface area contributed by atoms with Gasteiger partial charge >= 0.3 is 0 Å².